The molecular formula is C63H44F6N2O6. The summed E-state index contributed by atoms with van der Waals surface area (Å²) in [4.78, 5) is 56.3. The number of aryl methyl sites for hydroxylation is 1. The fourth-order valence-corrected chi connectivity index (χ4v) is 12.1. The summed E-state index contributed by atoms with van der Waals surface area (Å²) in [6, 6.07) is 46.1. The highest BCUT2D eigenvalue weighted by Crippen LogP contribution is 2.58. The Kier molecular flexibility index (Phi) is 11.3. The summed E-state index contributed by atoms with van der Waals surface area (Å²) in [6.45, 7) is 5.82. The highest BCUT2D eigenvalue weighted by Gasteiger charge is 2.73. The predicted octanol–water partition coefficient (Wildman–Crippen LogP) is 14.3. The molecule has 0 saturated heterocycles. The van der Waals surface area contributed by atoms with E-state index in [0.717, 1.165) is 69.3 Å². The zero-order valence-corrected chi connectivity index (χ0v) is 41.6. The third-order valence-electron chi connectivity index (χ3n) is 15.7. The first-order valence-electron chi connectivity index (χ1n) is 24.9. The highest BCUT2D eigenvalue weighted by molar-refractivity contribution is 6.35. The second kappa shape index (κ2) is 17.7. The maximum absolute atomic E-state index is 15.6. The molecule has 0 N–H and O–H groups in total. The van der Waals surface area contributed by atoms with Gasteiger partial charge in [0.25, 0.3) is 23.6 Å². The number of benzene rings is 8. The number of imide groups is 2. The number of amides is 4. The monoisotopic (exact) mass is 1040 g/mol. The molecule has 0 bridgehead atoms. The molecule has 4 aliphatic rings. The Morgan fingerprint density at radius 1 is 0.429 bits per heavy atom. The number of carbonyl (C=O) groups excluding carboxylic acids is 4. The molecule has 2 aliphatic carbocycles. The smallest absolute Gasteiger partial charge is 0.411 e. The number of fused-ring (bicyclic) bond motifs is 8. The topological polar surface area (TPSA) is 93.2 Å². The van der Waals surface area contributed by atoms with E-state index in [2.05, 4.69) is 24.3 Å². The zero-order chi connectivity index (χ0) is 54.0. The van der Waals surface area contributed by atoms with Crippen LogP contribution >= 0.6 is 0 Å². The van der Waals surface area contributed by atoms with Crippen molar-refractivity contribution in [2.75, 3.05) is 11.9 Å². The fourth-order valence-electron chi connectivity index (χ4n) is 12.1. The van der Waals surface area contributed by atoms with Crippen molar-refractivity contribution in [3.05, 3.63) is 231 Å². The van der Waals surface area contributed by atoms with Gasteiger partial charge >= 0.3 is 12.4 Å². The number of nitrogens with zero attached hydrogens (tertiary/aromatic N) is 2. The highest BCUT2D eigenvalue weighted by atomic mass is 19.4. The van der Waals surface area contributed by atoms with Crippen LogP contribution in [0.2, 0.25) is 0 Å². The lowest BCUT2D eigenvalue weighted by molar-refractivity contribution is -0.288. The van der Waals surface area contributed by atoms with Gasteiger partial charge in [-0.1, -0.05) is 127 Å². The Labute approximate surface area is 438 Å². The number of alkyl halides is 6. The molecule has 12 rings (SSSR count). The minimum absolute atomic E-state index is 0.0319. The van der Waals surface area contributed by atoms with Crippen molar-refractivity contribution >= 4 is 29.3 Å². The second-order valence-corrected chi connectivity index (χ2v) is 20.0. The predicted molar refractivity (Wildman–Crippen MR) is 278 cm³/mol. The van der Waals surface area contributed by atoms with Crippen LogP contribution in [-0.2, 0) is 5.41 Å². The summed E-state index contributed by atoms with van der Waals surface area (Å²) in [5.74, 6) is -3.96. The largest absolute Gasteiger partial charge is 0.489 e. The van der Waals surface area contributed by atoms with E-state index < -0.39 is 75.3 Å². The lowest BCUT2D eigenvalue weighted by Gasteiger charge is -2.38. The molecule has 0 radical (unpaired) electrons. The van der Waals surface area contributed by atoms with Gasteiger partial charge in [-0.3, -0.25) is 24.1 Å². The zero-order valence-electron chi connectivity index (χ0n) is 41.6. The van der Waals surface area contributed by atoms with Gasteiger partial charge in [-0.15, -0.1) is 0 Å². The number of carbonyl (C=O) groups is 4. The Morgan fingerprint density at radius 2 is 0.805 bits per heavy atom. The van der Waals surface area contributed by atoms with Gasteiger partial charge < -0.3 is 9.47 Å². The molecule has 8 nitrogen and oxygen atoms in total. The van der Waals surface area contributed by atoms with Crippen LogP contribution in [0.1, 0.15) is 106 Å². The standard InChI is InChI=1S/C63H44F6N2O6/c1-33-21-22-36(29-53(33)76-34(2)55-44-17-9-5-13-40(44)41-14-6-10-18-45(41)55)37-23-28-52(54(30-37)77-35(3)56-46-19-11-7-15-42(46)43-16-8-12-20-47(43)56)71-59(74)49-27-25-39(32-51(49)60(71)75)61(62(64,65)66,63(67,68)69)38-24-26-48-50(31-38)58(73)70(4)57(48)72/h5-32,34-35,55-56H,1-4H3. The first-order chi connectivity index (χ1) is 36.8. The van der Waals surface area contributed by atoms with Crippen LogP contribution in [0, 0.1) is 6.92 Å². The molecule has 14 heteroatoms. The Morgan fingerprint density at radius 3 is 1.27 bits per heavy atom. The van der Waals surface area contributed by atoms with Crippen LogP contribution in [0.25, 0.3) is 33.4 Å². The van der Waals surface area contributed by atoms with Crippen LogP contribution in [-0.4, -0.2) is 60.1 Å². The van der Waals surface area contributed by atoms with E-state index in [1.165, 1.54) is 6.07 Å². The summed E-state index contributed by atoms with van der Waals surface area (Å²) >= 11 is 0. The maximum atomic E-state index is 15.6. The molecule has 384 valence electrons. The van der Waals surface area contributed by atoms with Crippen LogP contribution in [0.3, 0.4) is 0 Å². The minimum Gasteiger partial charge on any atom is -0.489 e. The van der Waals surface area contributed by atoms with Crippen LogP contribution in [0.4, 0.5) is 32.0 Å². The minimum atomic E-state index is -6.13. The van der Waals surface area contributed by atoms with E-state index in [-0.39, 0.29) is 34.9 Å². The number of hydrogen-bond donors (Lipinski definition) is 0. The van der Waals surface area contributed by atoms with E-state index in [1.807, 2.05) is 112 Å². The normalized spacial score (nSPS) is 15.8. The summed E-state index contributed by atoms with van der Waals surface area (Å²) in [7, 11) is 1.06. The molecule has 0 fully saturated rings. The van der Waals surface area contributed by atoms with Gasteiger partial charge in [-0.25, -0.2) is 4.90 Å². The van der Waals surface area contributed by atoms with E-state index in [9.17, 15) is 19.2 Å². The van der Waals surface area contributed by atoms with E-state index in [4.69, 9.17) is 9.47 Å². The molecule has 0 spiro atoms. The van der Waals surface area contributed by atoms with Gasteiger partial charge in [-0.05, 0) is 136 Å². The number of rotatable bonds is 10. The van der Waals surface area contributed by atoms with Gasteiger partial charge in [0.1, 0.15) is 23.7 Å². The van der Waals surface area contributed by atoms with Gasteiger partial charge in [0, 0.05) is 18.9 Å². The summed E-state index contributed by atoms with van der Waals surface area (Å²) in [5.41, 5.74) is 0.708. The number of halogens is 6. The summed E-state index contributed by atoms with van der Waals surface area (Å²) < 4.78 is 107. The Hall–Kier alpha value is -8.78. The molecule has 8 aromatic carbocycles. The van der Waals surface area contributed by atoms with Crippen molar-refractivity contribution in [3.8, 4) is 44.9 Å². The third-order valence-corrected chi connectivity index (χ3v) is 15.7. The van der Waals surface area contributed by atoms with Crippen LogP contribution < -0.4 is 14.4 Å². The van der Waals surface area contributed by atoms with Crippen molar-refractivity contribution in [1.82, 2.24) is 4.90 Å². The molecule has 0 aromatic heterocycles. The quantitative estimate of drug-likeness (QED) is 0.100. The lowest BCUT2D eigenvalue weighted by atomic mass is 9.71. The molecule has 0 saturated carbocycles. The van der Waals surface area contributed by atoms with E-state index >= 15 is 26.3 Å². The van der Waals surface area contributed by atoms with Gasteiger partial charge in [0.05, 0.1) is 27.9 Å². The van der Waals surface area contributed by atoms with Crippen molar-refractivity contribution in [2.24, 2.45) is 0 Å². The first kappa shape index (κ1) is 49.1. The van der Waals surface area contributed by atoms with Gasteiger partial charge in [0.2, 0.25) is 5.41 Å². The molecular weight excluding hydrogens is 995 g/mol. The third kappa shape index (κ3) is 7.35. The van der Waals surface area contributed by atoms with Gasteiger partial charge in [-0.2, -0.15) is 26.3 Å². The average molecular weight is 1040 g/mol. The number of anilines is 1. The molecule has 2 aliphatic heterocycles. The van der Waals surface area contributed by atoms with E-state index in [1.54, 1.807) is 12.1 Å². The molecule has 2 unspecified atom stereocenters. The van der Waals surface area contributed by atoms with Crippen molar-refractivity contribution in [1.29, 1.82) is 0 Å². The molecule has 4 amide bonds. The Balaban J connectivity index is 0.945. The van der Waals surface area contributed by atoms with Crippen LogP contribution in [0.15, 0.2) is 170 Å². The van der Waals surface area contributed by atoms with Gasteiger partial charge in [0.15, 0.2) is 0 Å². The van der Waals surface area contributed by atoms with E-state index in [0.29, 0.717) is 50.9 Å². The maximum Gasteiger partial charge on any atom is 0.411 e. The van der Waals surface area contributed by atoms with Crippen LogP contribution in [0.5, 0.6) is 11.5 Å². The number of ether oxygens (including phenoxy) is 2. The SMILES string of the molecule is Cc1ccc(-c2ccc(N3C(=O)c4ccc(C(c5ccc6c(c5)C(=O)N(C)C6=O)(C(F)(F)F)C(F)(F)F)cc4C3=O)c(OC(C)C3c4ccccc4-c4ccccc43)c2)cc1OC(C)C1c2ccccc2-c2ccccc21. The molecule has 2 heterocycles. The summed E-state index contributed by atoms with van der Waals surface area (Å²) in [5, 5.41) is 0. The summed E-state index contributed by atoms with van der Waals surface area (Å²) in [6.07, 6.45) is -13.3. The Bertz CT molecular complexity index is 3740. The van der Waals surface area contributed by atoms with Crippen molar-refractivity contribution in [2.45, 2.75) is 62.6 Å². The van der Waals surface area contributed by atoms with Crippen molar-refractivity contribution < 1.29 is 55.0 Å². The molecule has 2 atom stereocenters. The van der Waals surface area contributed by atoms with Crippen molar-refractivity contribution in [3.63, 3.8) is 0 Å². The second-order valence-electron chi connectivity index (χ2n) is 20.0. The molecule has 8 aromatic rings. The lowest BCUT2D eigenvalue weighted by Crippen LogP contribution is -2.55. The first-order valence-corrected chi connectivity index (χ1v) is 24.9. The average Bonchev–Trinajstić information content (AvgIpc) is 4.29. The number of hydrogen-bond acceptors (Lipinski definition) is 6. The fraction of sp³-hybridized carbons (Fsp3) is 0.175. The molecule has 77 heavy (non-hydrogen) atoms.